The van der Waals surface area contributed by atoms with E-state index in [1.807, 2.05) is 0 Å². The van der Waals surface area contributed by atoms with Gasteiger partial charge in [0.1, 0.15) is 11.9 Å². The first-order chi connectivity index (χ1) is 7.72. The number of hydrogen-bond donors (Lipinski definition) is 0. The van der Waals surface area contributed by atoms with Crippen LogP contribution in [0, 0.1) is 24.1 Å². The van der Waals surface area contributed by atoms with E-state index in [0.717, 1.165) is 31.5 Å². The van der Waals surface area contributed by atoms with Crippen molar-refractivity contribution in [3.8, 4) is 6.07 Å². The van der Waals surface area contributed by atoms with Crippen LogP contribution in [0.3, 0.4) is 0 Å². The number of benzene rings is 1. The van der Waals surface area contributed by atoms with Gasteiger partial charge in [-0.25, -0.2) is 4.39 Å². The first-order valence-electron chi connectivity index (χ1n) is 5.62. The SMILES string of the molecule is Cc1cc(C(C#N)N2CCCC2)ccc1F. The topological polar surface area (TPSA) is 27.0 Å². The molecule has 2 rings (SSSR count). The molecule has 0 spiro atoms. The maximum absolute atomic E-state index is 13.1. The molecule has 1 aliphatic rings. The zero-order valence-corrected chi connectivity index (χ0v) is 9.41. The molecule has 0 bridgehead atoms. The quantitative estimate of drug-likeness (QED) is 0.763. The van der Waals surface area contributed by atoms with E-state index in [1.165, 1.54) is 6.07 Å². The Morgan fingerprint density at radius 2 is 2.06 bits per heavy atom. The Morgan fingerprint density at radius 1 is 1.38 bits per heavy atom. The van der Waals surface area contributed by atoms with Crippen molar-refractivity contribution in [2.75, 3.05) is 13.1 Å². The minimum absolute atomic E-state index is 0.207. The summed E-state index contributed by atoms with van der Waals surface area (Å²) in [6, 6.07) is 7.04. The Labute approximate surface area is 95.3 Å². The molecule has 0 radical (unpaired) electrons. The van der Waals surface area contributed by atoms with Gasteiger partial charge in [-0.1, -0.05) is 12.1 Å². The number of hydrogen-bond acceptors (Lipinski definition) is 2. The van der Waals surface area contributed by atoms with Crippen LogP contribution in [0.15, 0.2) is 18.2 Å². The monoisotopic (exact) mass is 218 g/mol. The summed E-state index contributed by atoms with van der Waals surface area (Å²) in [6.45, 7) is 3.67. The van der Waals surface area contributed by atoms with Gasteiger partial charge < -0.3 is 0 Å². The standard InChI is InChI=1S/C13H15FN2/c1-10-8-11(4-5-12(10)14)13(9-15)16-6-2-3-7-16/h4-5,8,13H,2-3,6-7H2,1H3. The van der Waals surface area contributed by atoms with Gasteiger partial charge in [0.05, 0.1) is 6.07 Å². The van der Waals surface area contributed by atoms with Gasteiger partial charge >= 0.3 is 0 Å². The molecule has 1 fully saturated rings. The van der Waals surface area contributed by atoms with E-state index in [-0.39, 0.29) is 11.9 Å². The van der Waals surface area contributed by atoms with Crippen LogP contribution in [0.1, 0.15) is 30.0 Å². The van der Waals surface area contributed by atoms with E-state index < -0.39 is 0 Å². The highest BCUT2D eigenvalue weighted by Crippen LogP contribution is 2.25. The number of halogens is 1. The Kier molecular flexibility index (Phi) is 3.21. The number of likely N-dealkylation sites (tertiary alicyclic amines) is 1. The van der Waals surface area contributed by atoms with Gasteiger partial charge in [-0.2, -0.15) is 5.26 Å². The molecule has 1 atom stereocenters. The number of aryl methyl sites for hydroxylation is 1. The molecule has 1 heterocycles. The second kappa shape index (κ2) is 4.63. The van der Waals surface area contributed by atoms with Crippen LogP contribution in [-0.4, -0.2) is 18.0 Å². The molecule has 3 heteroatoms. The smallest absolute Gasteiger partial charge is 0.126 e. The van der Waals surface area contributed by atoms with Crippen molar-refractivity contribution in [1.82, 2.24) is 4.90 Å². The van der Waals surface area contributed by atoms with Crippen LogP contribution >= 0.6 is 0 Å². The molecule has 1 aromatic carbocycles. The highest BCUT2D eigenvalue weighted by Gasteiger charge is 2.23. The Bertz CT molecular complexity index is 416. The minimum atomic E-state index is -0.221. The van der Waals surface area contributed by atoms with Crippen LogP contribution < -0.4 is 0 Å². The molecule has 1 aromatic rings. The largest absolute Gasteiger partial charge is 0.284 e. The normalized spacial score (nSPS) is 18.3. The average Bonchev–Trinajstić information content (AvgIpc) is 2.78. The van der Waals surface area contributed by atoms with Crippen molar-refractivity contribution < 1.29 is 4.39 Å². The Balaban J connectivity index is 2.26. The van der Waals surface area contributed by atoms with Gasteiger partial charge in [0.25, 0.3) is 0 Å². The fourth-order valence-corrected chi connectivity index (χ4v) is 2.20. The first-order valence-corrected chi connectivity index (χ1v) is 5.62. The molecule has 0 amide bonds. The lowest BCUT2D eigenvalue weighted by Crippen LogP contribution is -2.24. The lowest BCUT2D eigenvalue weighted by molar-refractivity contribution is 0.294. The van der Waals surface area contributed by atoms with E-state index in [4.69, 9.17) is 0 Å². The van der Waals surface area contributed by atoms with Gasteiger partial charge in [-0.3, -0.25) is 4.90 Å². The van der Waals surface area contributed by atoms with Crippen LogP contribution in [0.5, 0.6) is 0 Å². The fraction of sp³-hybridized carbons (Fsp3) is 0.462. The highest BCUT2D eigenvalue weighted by molar-refractivity contribution is 5.29. The number of nitrogens with zero attached hydrogens (tertiary/aromatic N) is 2. The zero-order valence-electron chi connectivity index (χ0n) is 9.41. The van der Waals surface area contributed by atoms with Gasteiger partial charge in [0.2, 0.25) is 0 Å². The second-order valence-electron chi connectivity index (χ2n) is 4.28. The van der Waals surface area contributed by atoms with E-state index >= 15 is 0 Å². The summed E-state index contributed by atoms with van der Waals surface area (Å²) in [5.74, 6) is -0.207. The fourth-order valence-electron chi connectivity index (χ4n) is 2.20. The van der Waals surface area contributed by atoms with Crippen LogP contribution in [0.2, 0.25) is 0 Å². The molecule has 2 nitrogen and oxygen atoms in total. The minimum Gasteiger partial charge on any atom is -0.284 e. The summed E-state index contributed by atoms with van der Waals surface area (Å²) < 4.78 is 13.1. The summed E-state index contributed by atoms with van der Waals surface area (Å²) in [4.78, 5) is 2.16. The van der Waals surface area contributed by atoms with E-state index in [1.54, 1.807) is 19.1 Å². The molecule has 1 aliphatic heterocycles. The third kappa shape index (κ3) is 2.07. The Hall–Kier alpha value is -1.40. The summed E-state index contributed by atoms with van der Waals surface area (Å²) in [6.07, 6.45) is 2.30. The highest BCUT2D eigenvalue weighted by atomic mass is 19.1. The molecule has 1 unspecified atom stereocenters. The Morgan fingerprint density at radius 3 is 2.62 bits per heavy atom. The van der Waals surface area contributed by atoms with Crippen LogP contribution in [0.4, 0.5) is 4.39 Å². The molecular weight excluding hydrogens is 203 g/mol. The second-order valence-corrected chi connectivity index (χ2v) is 4.28. The summed E-state index contributed by atoms with van der Waals surface area (Å²) in [5, 5.41) is 9.21. The lowest BCUT2D eigenvalue weighted by atomic mass is 10.0. The van der Waals surface area contributed by atoms with E-state index in [9.17, 15) is 9.65 Å². The third-order valence-corrected chi connectivity index (χ3v) is 3.13. The molecule has 84 valence electrons. The van der Waals surface area contributed by atoms with Gasteiger partial charge in [-0.05, 0) is 50.0 Å². The van der Waals surface area contributed by atoms with E-state index in [0.29, 0.717) is 5.56 Å². The summed E-state index contributed by atoms with van der Waals surface area (Å²) >= 11 is 0. The molecule has 1 saturated heterocycles. The van der Waals surface area contributed by atoms with Crippen LogP contribution in [-0.2, 0) is 0 Å². The maximum atomic E-state index is 13.1. The predicted octanol–water partition coefficient (Wildman–Crippen LogP) is 2.79. The third-order valence-electron chi connectivity index (χ3n) is 3.13. The van der Waals surface area contributed by atoms with Crippen molar-refractivity contribution in [1.29, 1.82) is 5.26 Å². The molecule has 0 aliphatic carbocycles. The van der Waals surface area contributed by atoms with Gasteiger partial charge in [-0.15, -0.1) is 0 Å². The summed E-state index contributed by atoms with van der Waals surface area (Å²) in [5.41, 5.74) is 1.51. The summed E-state index contributed by atoms with van der Waals surface area (Å²) in [7, 11) is 0. The van der Waals surface area contributed by atoms with Crippen molar-refractivity contribution in [2.24, 2.45) is 0 Å². The number of rotatable bonds is 2. The van der Waals surface area contributed by atoms with Crippen molar-refractivity contribution in [3.05, 3.63) is 35.1 Å². The van der Waals surface area contributed by atoms with Crippen LogP contribution in [0.25, 0.3) is 0 Å². The van der Waals surface area contributed by atoms with E-state index in [2.05, 4.69) is 11.0 Å². The lowest BCUT2D eigenvalue weighted by Gasteiger charge is -2.21. The molecule has 16 heavy (non-hydrogen) atoms. The van der Waals surface area contributed by atoms with Crippen molar-refractivity contribution in [2.45, 2.75) is 25.8 Å². The molecular formula is C13H15FN2. The molecule has 0 aromatic heterocycles. The molecule has 0 saturated carbocycles. The average molecular weight is 218 g/mol. The zero-order chi connectivity index (χ0) is 11.5. The first kappa shape index (κ1) is 11.1. The predicted molar refractivity (Wildman–Crippen MR) is 60.3 cm³/mol. The maximum Gasteiger partial charge on any atom is 0.126 e. The van der Waals surface area contributed by atoms with Crippen molar-refractivity contribution in [3.63, 3.8) is 0 Å². The molecule has 0 N–H and O–H groups in total. The van der Waals surface area contributed by atoms with Crippen molar-refractivity contribution >= 4 is 0 Å². The number of nitriles is 1. The van der Waals surface area contributed by atoms with Gasteiger partial charge in [0, 0.05) is 0 Å². The van der Waals surface area contributed by atoms with Gasteiger partial charge in [0.15, 0.2) is 0 Å².